The van der Waals surface area contributed by atoms with Crippen LogP contribution < -0.4 is 15.4 Å². The van der Waals surface area contributed by atoms with Crippen molar-refractivity contribution >= 4 is 11.7 Å². The standard InChI is InChI=1S/C27H37N3O4/c1-27(2,32)21-5-3-20(4-6-21)19-30-15-11-25(12-16-30)34-24-9-7-22(8-10-24)28-26(31)29-23-13-17-33-18-14-23/h3-10,23,25,32H,11-19H2,1-2H3,(H2,28,29,31). The lowest BCUT2D eigenvalue weighted by Crippen LogP contribution is -2.41. The first-order valence-electron chi connectivity index (χ1n) is 12.3. The van der Waals surface area contributed by atoms with Gasteiger partial charge in [-0.1, -0.05) is 24.3 Å². The van der Waals surface area contributed by atoms with E-state index >= 15 is 0 Å². The third-order valence-electron chi connectivity index (χ3n) is 6.57. The molecular formula is C27H37N3O4. The fourth-order valence-electron chi connectivity index (χ4n) is 4.47. The normalized spacial score (nSPS) is 18.4. The average molecular weight is 468 g/mol. The van der Waals surface area contributed by atoms with Crippen LogP contribution in [0.4, 0.5) is 10.5 Å². The number of urea groups is 1. The molecule has 184 valence electrons. The monoisotopic (exact) mass is 467 g/mol. The van der Waals surface area contributed by atoms with Crippen molar-refractivity contribution in [3.8, 4) is 5.75 Å². The van der Waals surface area contributed by atoms with Crippen LogP contribution >= 0.6 is 0 Å². The lowest BCUT2D eigenvalue weighted by molar-refractivity contribution is 0.0784. The van der Waals surface area contributed by atoms with Crippen molar-refractivity contribution in [3.63, 3.8) is 0 Å². The van der Waals surface area contributed by atoms with Crippen molar-refractivity contribution in [2.75, 3.05) is 31.6 Å². The minimum absolute atomic E-state index is 0.175. The first-order valence-corrected chi connectivity index (χ1v) is 12.3. The van der Waals surface area contributed by atoms with Gasteiger partial charge in [0, 0.05) is 44.6 Å². The molecule has 3 N–H and O–H groups in total. The van der Waals surface area contributed by atoms with E-state index in [1.165, 1.54) is 5.56 Å². The SMILES string of the molecule is CC(C)(O)c1ccc(CN2CCC(Oc3ccc(NC(=O)NC4CCOCC4)cc3)CC2)cc1. The van der Waals surface area contributed by atoms with Crippen molar-refractivity contribution in [3.05, 3.63) is 59.7 Å². The molecule has 2 saturated heterocycles. The maximum absolute atomic E-state index is 12.2. The number of ether oxygens (including phenoxy) is 2. The van der Waals surface area contributed by atoms with Crippen LogP contribution in [0.25, 0.3) is 0 Å². The second-order valence-corrected chi connectivity index (χ2v) is 9.86. The molecule has 2 fully saturated rings. The average Bonchev–Trinajstić information content (AvgIpc) is 2.82. The van der Waals surface area contributed by atoms with E-state index in [1.807, 2.05) is 50.2 Å². The Bertz CT molecular complexity index is 910. The van der Waals surface area contributed by atoms with Gasteiger partial charge >= 0.3 is 6.03 Å². The summed E-state index contributed by atoms with van der Waals surface area (Å²) in [7, 11) is 0. The van der Waals surface area contributed by atoms with Crippen molar-refractivity contribution < 1.29 is 19.4 Å². The molecule has 0 unspecified atom stereocenters. The van der Waals surface area contributed by atoms with Crippen molar-refractivity contribution in [1.82, 2.24) is 10.2 Å². The fourth-order valence-corrected chi connectivity index (χ4v) is 4.47. The molecule has 0 atom stereocenters. The van der Waals surface area contributed by atoms with Gasteiger partial charge in [0.2, 0.25) is 0 Å². The topological polar surface area (TPSA) is 83.1 Å². The van der Waals surface area contributed by atoms with Crippen LogP contribution in [0.1, 0.15) is 50.7 Å². The van der Waals surface area contributed by atoms with Crippen LogP contribution in [0.3, 0.4) is 0 Å². The zero-order chi connectivity index (χ0) is 24.0. The van der Waals surface area contributed by atoms with Gasteiger partial charge in [-0.15, -0.1) is 0 Å². The molecule has 2 aliphatic heterocycles. The number of benzene rings is 2. The molecule has 7 heteroatoms. The quantitative estimate of drug-likeness (QED) is 0.567. The number of carbonyl (C=O) groups is 1. The summed E-state index contributed by atoms with van der Waals surface area (Å²) in [6.45, 7) is 7.91. The van der Waals surface area contributed by atoms with E-state index in [2.05, 4.69) is 27.7 Å². The Labute approximate surface area is 202 Å². The molecule has 0 aliphatic carbocycles. The Hall–Kier alpha value is -2.61. The van der Waals surface area contributed by atoms with Crippen LogP contribution in [0, 0.1) is 0 Å². The predicted molar refractivity (Wildman–Crippen MR) is 133 cm³/mol. The van der Waals surface area contributed by atoms with Gasteiger partial charge in [0.05, 0.1) is 5.60 Å². The number of nitrogens with one attached hydrogen (secondary N) is 2. The molecular weight excluding hydrogens is 430 g/mol. The van der Waals surface area contributed by atoms with Crippen molar-refractivity contribution in [2.45, 2.75) is 63.8 Å². The van der Waals surface area contributed by atoms with Crippen LogP contribution in [-0.2, 0) is 16.9 Å². The summed E-state index contributed by atoms with van der Waals surface area (Å²) in [6.07, 6.45) is 3.87. The fraction of sp³-hybridized carbons (Fsp3) is 0.519. The number of nitrogens with zero attached hydrogens (tertiary/aromatic N) is 1. The lowest BCUT2D eigenvalue weighted by Gasteiger charge is -2.32. The molecule has 4 rings (SSSR count). The van der Waals surface area contributed by atoms with Gasteiger partial charge in [-0.3, -0.25) is 4.90 Å². The smallest absolute Gasteiger partial charge is 0.319 e. The van der Waals surface area contributed by atoms with Gasteiger partial charge in [0.1, 0.15) is 11.9 Å². The number of rotatable bonds is 7. The van der Waals surface area contributed by atoms with Gasteiger partial charge in [0.15, 0.2) is 0 Å². The Morgan fingerprint density at radius 3 is 2.29 bits per heavy atom. The number of piperidine rings is 1. The zero-order valence-electron chi connectivity index (χ0n) is 20.3. The number of aliphatic hydroxyl groups is 1. The van der Waals surface area contributed by atoms with E-state index in [0.29, 0.717) is 13.2 Å². The number of amides is 2. The molecule has 2 aromatic carbocycles. The van der Waals surface area contributed by atoms with Gasteiger partial charge < -0.3 is 25.2 Å². The molecule has 2 aliphatic rings. The summed E-state index contributed by atoms with van der Waals surface area (Å²) in [5.74, 6) is 0.830. The van der Waals surface area contributed by atoms with Gasteiger partial charge in [-0.05, 0) is 74.9 Å². The third kappa shape index (κ3) is 7.19. The highest BCUT2D eigenvalue weighted by Gasteiger charge is 2.21. The summed E-state index contributed by atoms with van der Waals surface area (Å²) in [5.41, 5.74) is 2.14. The zero-order valence-corrected chi connectivity index (χ0v) is 20.3. The van der Waals surface area contributed by atoms with Crippen LogP contribution in [-0.4, -0.2) is 54.5 Å². The summed E-state index contributed by atoms with van der Waals surface area (Å²) < 4.78 is 11.5. The van der Waals surface area contributed by atoms with E-state index in [-0.39, 0.29) is 18.2 Å². The Balaban J connectivity index is 1.18. The first kappa shape index (κ1) is 24.5. The minimum Gasteiger partial charge on any atom is -0.490 e. The van der Waals surface area contributed by atoms with Gasteiger partial charge in [-0.2, -0.15) is 0 Å². The van der Waals surface area contributed by atoms with Crippen LogP contribution in [0.2, 0.25) is 0 Å². The second-order valence-electron chi connectivity index (χ2n) is 9.86. The van der Waals surface area contributed by atoms with Gasteiger partial charge in [-0.25, -0.2) is 4.79 Å². The van der Waals surface area contributed by atoms with E-state index < -0.39 is 5.60 Å². The number of anilines is 1. The molecule has 2 aromatic rings. The van der Waals surface area contributed by atoms with E-state index in [9.17, 15) is 9.90 Å². The lowest BCUT2D eigenvalue weighted by atomic mass is 9.97. The summed E-state index contributed by atoms with van der Waals surface area (Å²) in [4.78, 5) is 14.6. The largest absolute Gasteiger partial charge is 0.490 e. The molecule has 0 spiro atoms. The maximum Gasteiger partial charge on any atom is 0.319 e. The highest BCUT2D eigenvalue weighted by Crippen LogP contribution is 2.23. The second kappa shape index (κ2) is 11.2. The molecule has 0 radical (unpaired) electrons. The molecule has 7 nitrogen and oxygen atoms in total. The van der Waals surface area contributed by atoms with Crippen molar-refractivity contribution in [1.29, 1.82) is 0 Å². The first-order chi connectivity index (χ1) is 16.3. The summed E-state index contributed by atoms with van der Waals surface area (Å²) in [5, 5.41) is 16.0. The summed E-state index contributed by atoms with van der Waals surface area (Å²) >= 11 is 0. The summed E-state index contributed by atoms with van der Waals surface area (Å²) in [6, 6.07) is 15.8. The third-order valence-corrected chi connectivity index (χ3v) is 6.57. The number of hydrogen-bond acceptors (Lipinski definition) is 5. The highest BCUT2D eigenvalue weighted by atomic mass is 16.5. The van der Waals surface area contributed by atoms with E-state index in [4.69, 9.17) is 9.47 Å². The van der Waals surface area contributed by atoms with E-state index in [0.717, 1.165) is 62.3 Å². The molecule has 0 aromatic heterocycles. The molecule has 2 amide bonds. The molecule has 0 bridgehead atoms. The predicted octanol–water partition coefficient (Wildman–Crippen LogP) is 4.26. The molecule has 2 heterocycles. The molecule has 0 saturated carbocycles. The number of hydrogen-bond donors (Lipinski definition) is 3. The Morgan fingerprint density at radius 2 is 1.68 bits per heavy atom. The van der Waals surface area contributed by atoms with Crippen LogP contribution in [0.15, 0.2) is 48.5 Å². The number of carbonyl (C=O) groups excluding carboxylic acids is 1. The molecule has 34 heavy (non-hydrogen) atoms. The maximum atomic E-state index is 12.2. The Morgan fingerprint density at radius 1 is 1.03 bits per heavy atom. The van der Waals surface area contributed by atoms with E-state index in [1.54, 1.807) is 0 Å². The Kier molecular flexibility index (Phi) is 8.08. The van der Waals surface area contributed by atoms with Crippen molar-refractivity contribution in [2.24, 2.45) is 0 Å². The van der Waals surface area contributed by atoms with Gasteiger partial charge in [0.25, 0.3) is 0 Å². The van der Waals surface area contributed by atoms with Crippen LogP contribution in [0.5, 0.6) is 5.75 Å². The highest BCUT2D eigenvalue weighted by molar-refractivity contribution is 5.89. The minimum atomic E-state index is -0.806. The number of likely N-dealkylation sites (tertiary alicyclic amines) is 1.